The standard InChI is InChI=1S/C12H18BF3NO2.K/c1-10(2)3-4-18-5-6-19-12-7-11(8-17-9-12)13(14,15)16;/h7-10H,3-6H2,1-2H3;/q-1;+1. The summed E-state index contributed by atoms with van der Waals surface area (Å²) >= 11 is 0. The molecule has 108 valence electrons. The van der Waals surface area contributed by atoms with E-state index in [0.717, 1.165) is 18.7 Å². The molecule has 0 saturated heterocycles. The Bertz CT molecular complexity index is 391. The fourth-order valence-electron chi connectivity index (χ4n) is 1.33. The quantitative estimate of drug-likeness (QED) is 0.482. The molecule has 0 unspecified atom stereocenters. The van der Waals surface area contributed by atoms with Crippen molar-refractivity contribution < 1.29 is 73.8 Å². The Kier molecular flexibility index (Phi) is 10.4. The van der Waals surface area contributed by atoms with Crippen LogP contribution in [0.1, 0.15) is 20.3 Å². The molecule has 0 bridgehead atoms. The van der Waals surface area contributed by atoms with Crippen molar-refractivity contribution >= 4 is 12.4 Å². The Labute approximate surface area is 160 Å². The number of rotatable bonds is 8. The van der Waals surface area contributed by atoms with Crippen LogP contribution in [0.25, 0.3) is 0 Å². The summed E-state index contributed by atoms with van der Waals surface area (Å²) in [7, 11) is 0. The second kappa shape index (κ2) is 10.2. The fourth-order valence-corrected chi connectivity index (χ4v) is 1.33. The summed E-state index contributed by atoms with van der Waals surface area (Å²) in [4.78, 5) is 3.52. The topological polar surface area (TPSA) is 31.4 Å². The van der Waals surface area contributed by atoms with Gasteiger partial charge in [0.2, 0.25) is 0 Å². The largest absolute Gasteiger partial charge is 1.00 e. The summed E-state index contributed by atoms with van der Waals surface area (Å²) in [5.74, 6) is 0.681. The van der Waals surface area contributed by atoms with Crippen molar-refractivity contribution in [1.29, 1.82) is 0 Å². The molecule has 0 saturated carbocycles. The predicted octanol–water partition coefficient (Wildman–Crippen LogP) is -0.418. The van der Waals surface area contributed by atoms with Gasteiger partial charge in [0.05, 0.1) is 12.8 Å². The first kappa shape index (κ1) is 20.4. The normalized spacial score (nSPS) is 11.3. The molecule has 3 nitrogen and oxygen atoms in total. The molecule has 0 fully saturated rings. The van der Waals surface area contributed by atoms with Gasteiger partial charge in [0, 0.05) is 12.8 Å². The minimum Gasteiger partial charge on any atom is -0.490 e. The summed E-state index contributed by atoms with van der Waals surface area (Å²) in [5.41, 5.74) is -0.752. The van der Waals surface area contributed by atoms with E-state index in [1.165, 1.54) is 6.20 Å². The van der Waals surface area contributed by atoms with Gasteiger partial charge in [-0.2, -0.15) is 0 Å². The second-order valence-corrected chi connectivity index (χ2v) is 4.67. The number of nitrogens with zero attached hydrogens (tertiary/aromatic N) is 1. The fraction of sp³-hybridized carbons (Fsp3) is 0.583. The molecule has 1 heterocycles. The Morgan fingerprint density at radius 1 is 1.15 bits per heavy atom. The van der Waals surface area contributed by atoms with Crippen LogP contribution in [0.4, 0.5) is 12.9 Å². The molecule has 0 aromatic carbocycles. The second-order valence-electron chi connectivity index (χ2n) is 4.67. The van der Waals surface area contributed by atoms with Crippen molar-refractivity contribution in [2.24, 2.45) is 5.92 Å². The Morgan fingerprint density at radius 2 is 1.85 bits per heavy atom. The molecule has 0 aliphatic heterocycles. The van der Waals surface area contributed by atoms with Crippen LogP contribution < -0.4 is 61.6 Å². The Balaban J connectivity index is 0.00000361. The Hall–Kier alpha value is 0.401. The van der Waals surface area contributed by atoms with Crippen LogP contribution in [0.15, 0.2) is 18.5 Å². The Morgan fingerprint density at radius 3 is 2.45 bits per heavy atom. The van der Waals surface area contributed by atoms with E-state index in [1.54, 1.807) is 0 Å². The molecular weight excluding hydrogens is 297 g/mol. The first-order valence-electron chi connectivity index (χ1n) is 6.25. The molecule has 0 atom stereocenters. The van der Waals surface area contributed by atoms with Gasteiger partial charge in [-0.25, -0.2) is 0 Å². The number of hydrogen-bond acceptors (Lipinski definition) is 3. The summed E-state index contributed by atoms with van der Waals surface area (Å²) in [6, 6.07) is 0.959. The van der Waals surface area contributed by atoms with Gasteiger partial charge >= 0.3 is 58.4 Å². The van der Waals surface area contributed by atoms with E-state index >= 15 is 0 Å². The zero-order valence-electron chi connectivity index (χ0n) is 12.1. The molecule has 1 aromatic heterocycles. The number of halogens is 3. The molecule has 0 amide bonds. The van der Waals surface area contributed by atoms with E-state index in [0.29, 0.717) is 19.1 Å². The third kappa shape index (κ3) is 8.64. The number of aromatic nitrogens is 1. The zero-order chi connectivity index (χ0) is 14.3. The smallest absolute Gasteiger partial charge is 0.490 e. The van der Waals surface area contributed by atoms with Crippen LogP contribution in [0, 0.1) is 5.92 Å². The zero-order valence-corrected chi connectivity index (χ0v) is 15.2. The van der Waals surface area contributed by atoms with Crippen LogP contribution >= 0.6 is 0 Å². The van der Waals surface area contributed by atoms with Gasteiger partial charge < -0.3 is 22.4 Å². The third-order valence-corrected chi connectivity index (χ3v) is 2.45. The van der Waals surface area contributed by atoms with Crippen molar-refractivity contribution in [3.8, 4) is 5.75 Å². The van der Waals surface area contributed by atoms with Gasteiger partial charge in [0.15, 0.2) is 0 Å². The predicted molar refractivity (Wildman–Crippen MR) is 68.7 cm³/mol. The average Bonchev–Trinajstić information content (AvgIpc) is 2.32. The summed E-state index contributed by atoms with van der Waals surface area (Å²) in [6.07, 6.45) is 3.01. The number of hydrogen-bond donors (Lipinski definition) is 0. The molecular formula is C12H18BF3KNO2. The summed E-state index contributed by atoms with van der Waals surface area (Å²) in [6.45, 7) is 0.351. The van der Waals surface area contributed by atoms with Gasteiger partial charge in [-0.3, -0.25) is 4.98 Å². The maximum absolute atomic E-state index is 12.5. The van der Waals surface area contributed by atoms with E-state index in [1.807, 2.05) is 0 Å². The van der Waals surface area contributed by atoms with Gasteiger partial charge in [0.1, 0.15) is 12.4 Å². The van der Waals surface area contributed by atoms with Gasteiger partial charge in [0.25, 0.3) is 0 Å². The average molecular weight is 315 g/mol. The van der Waals surface area contributed by atoms with Crippen molar-refractivity contribution in [3.05, 3.63) is 18.5 Å². The SMILES string of the molecule is CC(C)CCOCCOc1cncc([B-](F)(F)F)c1.[K+]. The van der Waals surface area contributed by atoms with E-state index < -0.39 is 12.4 Å². The molecule has 0 aliphatic rings. The molecule has 0 radical (unpaired) electrons. The summed E-state index contributed by atoms with van der Waals surface area (Å²) < 4.78 is 47.9. The maximum atomic E-state index is 12.5. The molecule has 1 rings (SSSR count). The molecule has 8 heteroatoms. The number of ether oxygens (including phenoxy) is 2. The maximum Gasteiger partial charge on any atom is 1.00 e. The van der Waals surface area contributed by atoms with Crippen molar-refractivity contribution in [2.45, 2.75) is 20.3 Å². The van der Waals surface area contributed by atoms with E-state index in [2.05, 4.69) is 18.8 Å². The van der Waals surface area contributed by atoms with Crippen LogP contribution in [0.2, 0.25) is 0 Å². The first-order valence-corrected chi connectivity index (χ1v) is 6.25. The minimum atomic E-state index is -5.04. The van der Waals surface area contributed by atoms with Crippen molar-refractivity contribution in [1.82, 2.24) is 4.98 Å². The van der Waals surface area contributed by atoms with Crippen LogP contribution in [-0.4, -0.2) is 31.8 Å². The van der Waals surface area contributed by atoms with Crippen LogP contribution in [0.3, 0.4) is 0 Å². The van der Waals surface area contributed by atoms with Crippen molar-refractivity contribution in [2.75, 3.05) is 19.8 Å². The van der Waals surface area contributed by atoms with E-state index in [4.69, 9.17) is 9.47 Å². The first-order chi connectivity index (χ1) is 8.89. The van der Waals surface area contributed by atoms with Gasteiger partial charge in [-0.1, -0.05) is 19.3 Å². The molecule has 1 aromatic rings. The van der Waals surface area contributed by atoms with E-state index in [9.17, 15) is 12.9 Å². The van der Waals surface area contributed by atoms with Gasteiger partial charge in [-0.15, -0.1) is 0 Å². The molecule has 0 spiro atoms. The summed E-state index contributed by atoms with van der Waals surface area (Å²) in [5, 5.41) is 0. The van der Waals surface area contributed by atoms with Gasteiger partial charge in [-0.05, 0) is 18.4 Å². The monoisotopic (exact) mass is 315 g/mol. The molecule has 20 heavy (non-hydrogen) atoms. The van der Waals surface area contributed by atoms with Crippen LogP contribution in [0.5, 0.6) is 5.75 Å². The molecule has 0 aliphatic carbocycles. The van der Waals surface area contributed by atoms with E-state index in [-0.39, 0.29) is 63.7 Å². The third-order valence-electron chi connectivity index (χ3n) is 2.45. The number of pyridine rings is 1. The molecule has 0 N–H and O–H groups in total. The van der Waals surface area contributed by atoms with Crippen molar-refractivity contribution in [3.63, 3.8) is 0 Å². The minimum absolute atomic E-state index is 0. The van der Waals surface area contributed by atoms with Crippen LogP contribution in [-0.2, 0) is 4.74 Å².